The minimum Gasteiger partial charge on any atom is -0.339 e. The van der Waals surface area contributed by atoms with Crippen LogP contribution in [0.25, 0.3) is 0 Å². The molecule has 1 aliphatic carbocycles. The van der Waals surface area contributed by atoms with E-state index in [0.717, 1.165) is 25.9 Å². The monoisotopic (exact) mass is 240 g/mol. The summed E-state index contributed by atoms with van der Waals surface area (Å²) >= 11 is 0. The molecule has 1 saturated carbocycles. The van der Waals surface area contributed by atoms with Crippen LogP contribution in [0.4, 0.5) is 0 Å². The minimum absolute atomic E-state index is 0.106. The van der Waals surface area contributed by atoms with Crippen molar-refractivity contribution in [2.45, 2.75) is 25.7 Å². The second kappa shape index (κ2) is 4.13. The number of benzene rings is 1. The number of hydrogen-bond acceptors (Lipinski definition) is 2. The van der Waals surface area contributed by atoms with Crippen LogP contribution in [0.15, 0.2) is 24.3 Å². The summed E-state index contributed by atoms with van der Waals surface area (Å²) < 4.78 is 0. The van der Waals surface area contributed by atoms with Crippen molar-refractivity contribution in [1.82, 2.24) is 4.90 Å². The smallest absolute Gasteiger partial charge is 0.253 e. The first kappa shape index (κ1) is 11.3. The van der Waals surface area contributed by atoms with E-state index in [1.807, 2.05) is 4.90 Å². The fraction of sp³-hybridized carbons (Fsp3) is 0.467. The second-order valence-corrected chi connectivity index (χ2v) is 5.48. The molecule has 1 aliphatic heterocycles. The lowest BCUT2D eigenvalue weighted by Gasteiger charge is -2.32. The first-order chi connectivity index (χ1) is 8.72. The van der Waals surface area contributed by atoms with Crippen molar-refractivity contribution in [3.63, 3.8) is 0 Å². The lowest BCUT2D eigenvalue weighted by atomic mass is 9.93. The van der Waals surface area contributed by atoms with E-state index in [4.69, 9.17) is 5.26 Å². The van der Waals surface area contributed by atoms with Gasteiger partial charge >= 0.3 is 0 Å². The summed E-state index contributed by atoms with van der Waals surface area (Å²) in [4.78, 5) is 14.2. The molecule has 1 amide bonds. The lowest BCUT2D eigenvalue weighted by molar-refractivity contribution is 0.0678. The van der Waals surface area contributed by atoms with Gasteiger partial charge in [-0.1, -0.05) is 0 Å². The van der Waals surface area contributed by atoms with Crippen molar-refractivity contribution < 1.29 is 4.79 Å². The molecule has 2 aliphatic rings. The molecule has 0 N–H and O–H groups in total. The normalized spacial score (nSPS) is 20.5. The predicted molar refractivity (Wildman–Crippen MR) is 68.0 cm³/mol. The summed E-state index contributed by atoms with van der Waals surface area (Å²) in [6.45, 7) is 1.78. The van der Waals surface area contributed by atoms with E-state index in [1.165, 1.54) is 12.8 Å². The van der Waals surface area contributed by atoms with Crippen molar-refractivity contribution >= 4 is 5.91 Å². The molecule has 92 valence electrons. The number of nitrogens with zero attached hydrogens (tertiary/aromatic N) is 2. The van der Waals surface area contributed by atoms with E-state index >= 15 is 0 Å². The Kier molecular flexibility index (Phi) is 2.59. The Balaban J connectivity index is 1.68. The van der Waals surface area contributed by atoms with Crippen molar-refractivity contribution in [3.05, 3.63) is 35.4 Å². The van der Waals surface area contributed by atoms with Crippen LogP contribution < -0.4 is 0 Å². The van der Waals surface area contributed by atoms with Crippen LogP contribution in [-0.2, 0) is 0 Å². The maximum absolute atomic E-state index is 12.3. The largest absolute Gasteiger partial charge is 0.339 e. The highest BCUT2D eigenvalue weighted by Gasteiger charge is 2.45. The molecule has 1 aromatic carbocycles. The van der Waals surface area contributed by atoms with Gasteiger partial charge in [-0.05, 0) is 55.4 Å². The maximum atomic E-state index is 12.3. The molecule has 0 radical (unpaired) electrons. The number of rotatable bonds is 1. The highest BCUT2D eigenvalue weighted by atomic mass is 16.2. The summed E-state index contributed by atoms with van der Waals surface area (Å²) in [5.74, 6) is 0.106. The van der Waals surface area contributed by atoms with Crippen LogP contribution >= 0.6 is 0 Å². The zero-order valence-electron chi connectivity index (χ0n) is 10.4. The van der Waals surface area contributed by atoms with Crippen molar-refractivity contribution in [2.24, 2.45) is 5.41 Å². The molecule has 1 heterocycles. The van der Waals surface area contributed by atoms with Crippen molar-refractivity contribution in [3.8, 4) is 6.07 Å². The zero-order chi connectivity index (χ0) is 12.6. The first-order valence-electron chi connectivity index (χ1n) is 6.52. The van der Waals surface area contributed by atoms with Crippen LogP contribution in [0.1, 0.15) is 41.6 Å². The van der Waals surface area contributed by atoms with Gasteiger partial charge in [0.2, 0.25) is 0 Å². The number of likely N-dealkylation sites (tertiary alicyclic amines) is 1. The van der Waals surface area contributed by atoms with Gasteiger partial charge in [0, 0.05) is 18.7 Å². The Morgan fingerprint density at radius 2 is 1.72 bits per heavy atom. The number of carbonyl (C=O) groups is 1. The van der Waals surface area contributed by atoms with Crippen LogP contribution in [0.2, 0.25) is 0 Å². The topological polar surface area (TPSA) is 44.1 Å². The average molecular weight is 240 g/mol. The molecule has 0 atom stereocenters. The fourth-order valence-corrected chi connectivity index (χ4v) is 2.73. The number of carbonyl (C=O) groups excluding carboxylic acids is 1. The number of piperidine rings is 1. The molecule has 1 aromatic rings. The molecule has 0 aromatic heterocycles. The van der Waals surface area contributed by atoms with Gasteiger partial charge in [0.1, 0.15) is 0 Å². The van der Waals surface area contributed by atoms with Gasteiger partial charge in [-0.25, -0.2) is 0 Å². The van der Waals surface area contributed by atoms with Gasteiger partial charge in [0.15, 0.2) is 0 Å². The van der Waals surface area contributed by atoms with Crippen LogP contribution in [0.3, 0.4) is 0 Å². The van der Waals surface area contributed by atoms with E-state index in [-0.39, 0.29) is 5.91 Å². The van der Waals surface area contributed by atoms with Gasteiger partial charge in [0.25, 0.3) is 5.91 Å². The summed E-state index contributed by atoms with van der Waals surface area (Å²) in [7, 11) is 0. The Hall–Kier alpha value is -1.82. The number of amides is 1. The van der Waals surface area contributed by atoms with E-state index in [2.05, 4.69) is 6.07 Å². The molecule has 3 nitrogen and oxygen atoms in total. The van der Waals surface area contributed by atoms with Crippen molar-refractivity contribution in [2.75, 3.05) is 13.1 Å². The summed E-state index contributed by atoms with van der Waals surface area (Å²) in [5.41, 5.74) is 1.89. The molecule has 3 heteroatoms. The Morgan fingerprint density at radius 1 is 1.11 bits per heavy atom. The molecular weight excluding hydrogens is 224 g/mol. The predicted octanol–water partition coefficient (Wildman–Crippen LogP) is 2.57. The fourth-order valence-electron chi connectivity index (χ4n) is 2.73. The number of hydrogen-bond donors (Lipinski definition) is 0. The summed E-state index contributed by atoms with van der Waals surface area (Å²) in [5, 5.41) is 8.74. The van der Waals surface area contributed by atoms with Crippen LogP contribution in [0, 0.1) is 16.7 Å². The third-order valence-electron chi connectivity index (χ3n) is 4.33. The summed E-state index contributed by atoms with van der Waals surface area (Å²) in [6, 6.07) is 8.99. The van der Waals surface area contributed by atoms with E-state index < -0.39 is 0 Å². The third kappa shape index (κ3) is 1.99. The molecule has 1 spiro atoms. The standard InChI is InChI=1S/C15H16N2O/c16-11-12-1-3-13(4-2-12)14(18)17-9-7-15(5-6-15)8-10-17/h1-4H,5-10H2. The molecule has 18 heavy (non-hydrogen) atoms. The molecule has 1 saturated heterocycles. The molecule has 0 bridgehead atoms. The highest BCUT2D eigenvalue weighted by Crippen LogP contribution is 2.53. The molecule has 2 fully saturated rings. The molecule has 3 rings (SSSR count). The maximum Gasteiger partial charge on any atom is 0.253 e. The molecular formula is C15H16N2O. The summed E-state index contributed by atoms with van der Waals surface area (Å²) in [6.07, 6.45) is 5.03. The van der Waals surface area contributed by atoms with Crippen molar-refractivity contribution in [1.29, 1.82) is 5.26 Å². The second-order valence-electron chi connectivity index (χ2n) is 5.48. The van der Waals surface area contributed by atoms with Gasteiger partial charge in [0.05, 0.1) is 11.6 Å². The zero-order valence-corrected chi connectivity index (χ0v) is 10.4. The lowest BCUT2D eigenvalue weighted by Crippen LogP contribution is -2.39. The Bertz CT molecular complexity index is 498. The SMILES string of the molecule is N#Cc1ccc(C(=O)N2CCC3(CC2)CC3)cc1. The van der Waals surface area contributed by atoms with E-state index in [1.54, 1.807) is 24.3 Å². The van der Waals surface area contributed by atoms with Crippen LogP contribution in [-0.4, -0.2) is 23.9 Å². The highest BCUT2D eigenvalue weighted by molar-refractivity contribution is 5.94. The van der Waals surface area contributed by atoms with E-state index in [0.29, 0.717) is 16.5 Å². The number of nitriles is 1. The van der Waals surface area contributed by atoms with Gasteiger partial charge in [-0.3, -0.25) is 4.79 Å². The average Bonchev–Trinajstić information content (AvgIpc) is 3.18. The quantitative estimate of drug-likeness (QED) is 0.757. The van der Waals surface area contributed by atoms with Gasteiger partial charge < -0.3 is 4.90 Å². The van der Waals surface area contributed by atoms with E-state index in [9.17, 15) is 4.79 Å². The molecule has 0 unspecified atom stereocenters. The Labute approximate surface area is 107 Å². The van der Waals surface area contributed by atoms with Gasteiger partial charge in [-0.2, -0.15) is 5.26 Å². The minimum atomic E-state index is 0.106. The van der Waals surface area contributed by atoms with Gasteiger partial charge in [-0.15, -0.1) is 0 Å². The first-order valence-corrected chi connectivity index (χ1v) is 6.52. The Morgan fingerprint density at radius 3 is 2.22 bits per heavy atom. The van der Waals surface area contributed by atoms with Crippen LogP contribution in [0.5, 0.6) is 0 Å². The third-order valence-corrected chi connectivity index (χ3v) is 4.33.